The Labute approximate surface area is 164 Å². The number of aryl methyl sites for hydroxylation is 2. The van der Waals surface area contributed by atoms with Gasteiger partial charge in [-0.25, -0.2) is 14.3 Å². The minimum atomic E-state index is -0.868. The van der Waals surface area contributed by atoms with Gasteiger partial charge >= 0.3 is 5.76 Å². The molecule has 1 atom stereocenters. The summed E-state index contributed by atoms with van der Waals surface area (Å²) >= 11 is 0. The Bertz CT molecular complexity index is 1310. The molecular weight excluding hydrogens is 376 g/mol. The highest BCUT2D eigenvalue weighted by Crippen LogP contribution is 2.24. The van der Waals surface area contributed by atoms with Gasteiger partial charge in [-0.15, -0.1) is 10.2 Å². The van der Waals surface area contributed by atoms with Gasteiger partial charge in [0.2, 0.25) is 17.4 Å². The van der Waals surface area contributed by atoms with E-state index in [9.17, 15) is 9.59 Å². The van der Waals surface area contributed by atoms with Crippen molar-refractivity contribution >= 4 is 11.1 Å². The molecule has 0 saturated heterocycles. The van der Waals surface area contributed by atoms with E-state index in [0.29, 0.717) is 5.89 Å². The fraction of sp³-hybridized carbons (Fsp3) is 0.250. The first-order valence-corrected chi connectivity index (χ1v) is 8.89. The Morgan fingerprint density at radius 1 is 1.07 bits per heavy atom. The summed E-state index contributed by atoms with van der Waals surface area (Å²) in [4.78, 5) is 29.4. The molecule has 0 aliphatic heterocycles. The number of hydrogen-bond acceptors (Lipinski definition) is 8. The van der Waals surface area contributed by atoms with Gasteiger partial charge in [-0.3, -0.25) is 4.79 Å². The van der Waals surface area contributed by atoms with E-state index in [0.717, 1.165) is 21.3 Å². The van der Waals surface area contributed by atoms with E-state index in [2.05, 4.69) is 15.2 Å². The zero-order valence-electron chi connectivity index (χ0n) is 16.3. The molecule has 9 nitrogen and oxygen atoms in total. The quantitative estimate of drug-likeness (QED) is 0.519. The first kappa shape index (κ1) is 18.6. The van der Waals surface area contributed by atoms with Gasteiger partial charge < -0.3 is 13.6 Å². The molecule has 0 radical (unpaired) electrons. The predicted molar refractivity (Wildman–Crippen MR) is 104 cm³/mol. The largest absolute Gasteiger partial charge is 0.493 e. The lowest BCUT2D eigenvalue weighted by Gasteiger charge is -2.10. The molecule has 0 saturated carbocycles. The van der Waals surface area contributed by atoms with E-state index >= 15 is 0 Å². The Morgan fingerprint density at radius 3 is 2.48 bits per heavy atom. The average molecular weight is 394 g/mol. The number of nitrogens with zero attached hydrogens (tertiary/aromatic N) is 4. The van der Waals surface area contributed by atoms with Gasteiger partial charge in [-0.2, -0.15) is 0 Å². The van der Waals surface area contributed by atoms with Crippen LogP contribution in [0.25, 0.3) is 22.6 Å². The van der Waals surface area contributed by atoms with Gasteiger partial charge in [-0.05, 0) is 32.9 Å². The van der Waals surface area contributed by atoms with Crippen molar-refractivity contribution in [2.75, 3.05) is 7.11 Å². The van der Waals surface area contributed by atoms with Crippen molar-refractivity contribution in [3.05, 3.63) is 68.4 Å². The summed E-state index contributed by atoms with van der Waals surface area (Å²) in [5, 5.41) is 8.09. The molecule has 1 aromatic carbocycles. The number of fused-ring (bicyclic) bond motifs is 1. The third kappa shape index (κ3) is 3.20. The fourth-order valence-electron chi connectivity index (χ4n) is 3.24. The zero-order chi connectivity index (χ0) is 20.7. The van der Waals surface area contributed by atoms with Gasteiger partial charge in [0, 0.05) is 17.8 Å². The molecule has 3 aromatic heterocycles. The highest BCUT2D eigenvalue weighted by molar-refractivity contribution is 5.77. The third-order valence-electron chi connectivity index (χ3n) is 4.55. The van der Waals surface area contributed by atoms with Crippen molar-refractivity contribution in [1.82, 2.24) is 19.7 Å². The van der Waals surface area contributed by atoms with Crippen LogP contribution >= 0.6 is 0 Å². The second kappa shape index (κ2) is 7.01. The molecule has 29 heavy (non-hydrogen) atoms. The fourth-order valence-corrected chi connectivity index (χ4v) is 3.24. The summed E-state index contributed by atoms with van der Waals surface area (Å²) in [6.45, 7) is 5.54. The van der Waals surface area contributed by atoms with Crippen molar-refractivity contribution < 1.29 is 13.6 Å². The highest BCUT2D eigenvalue weighted by Gasteiger charge is 2.24. The van der Waals surface area contributed by atoms with E-state index in [-0.39, 0.29) is 22.7 Å². The number of methoxy groups -OCH3 is 1. The normalized spacial score (nSPS) is 12.3. The summed E-state index contributed by atoms with van der Waals surface area (Å²) in [6.07, 6.45) is 1.41. The average Bonchev–Trinajstić information content (AvgIpc) is 3.17. The van der Waals surface area contributed by atoms with Crippen LogP contribution in [-0.2, 0) is 0 Å². The van der Waals surface area contributed by atoms with Crippen LogP contribution in [0, 0.1) is 13.8 Å². The summed E-state index contributed by atoms with van der Waals surface area (Å²) < 4.78 is 17.1. The van der Waals surface area contributed by atoms with Crippen LogP contribution in [0.15, 0.2) is 48.9 Å². The zero-order valence-corrected chi connectivity index (χ0v) is 16.3. The molecular formula is C20H18N4O5. The Kier molecular flexibility index (Phi) is 4.50. The van der Waals surface area contributed by atoms with Gasteiger partial charge in [0.05, 0.1) is 7.11 Å². The van der Waals surface area contributed by atoms with E-state index in [4.69, 9.17) is 13.6 Å². The minimum Gasteiger partial charge on any atom is -0.493 e. The van der Waals surface area contributed by atoms with Crippen molar-refractivity contribution in [1.29, 1.82) is 0 Å². The third-order valence-corrected chi connectivity index (χ3v) is 4.55. The summed E-state index contributed by atoms with van der Waals surface area (Å²) in [7, 11) is 1.41. The van der Waals surface area contributed by atoms with Gasteiger partial charge in [0.25, 0.3) is 5.56 Å². The van der Waals surface area contributed by atoms with E-state index in [1.165, 1.54) is 19.4 Å². The lowest BCUT2D eigenvalue weighted by Crippen LogP contribution is -2.35. The smallest absolute Gasteiger partial charge is 0.423 e. The van der Waals surface area contributed by atoms with Gasteiger partial charge in [0.1, 0.15) is 6.04 Å². The molecule has 4 rings (SSSR count). The van der Waals surface area contributed by atoms with Crippen LogP contribution in [0.4, 0.5) is 0 Å². The summed E-state index contributed by atoms with van der Waals surface area (Å²) in [5.41, 5.74) is 2.21. The molecule has 3 heterocycles. The van der Waals surface area contributed by atoms with E-state index in [1.807, 2.05) is 32.0 Å². The maximum Gasteiger partial charge on any atom is 0.423 e. The topological polar surface area (TPSA) is 113 Å². The first-order valence-electron chi connectivity index (χ1n) is 8.89. The molecule has 148 valence electrons. The molecule has 0 fully saturated rings. The Balaban J connectivity index is 1.81. The predicted octanol–water partition coefficient (Wildman–Crippen LogP) is 2.63. The van der Waals surface area contributed by atoms with E-state index in [1.54, 1.807) is 6.92 Å². The van der Waals surface area contributed by atoms with Crippen LogP contribution in [-0.4, -0.2) is 26.9 Å². The van der Waals surface area contributed by atoms with Crippen LogP contribution < -0.4 is 16.1 Å². The molecule has 4 aromatic rings. The first-order chi connectivity index (χ1) is 13.9. The molecule has 0 unspecified atom stereocenters. The number of aromatic nitrogens is 4. The van der Waals surface area contributed by atoms with Crippen molar-refractivity contribution in [3.8, 4) is 17.2 Å². The number of ether oxygens (including phenoxy) is 1. The summed E-state index contributed by atoms with van der Waals surface area (Å²) in [5.74, 6) is -0.209. The second-order valence-electron chi connectivity index (χ2n) is 6.73. The van der Waals surface area contributed by atoms with Crippen LogP contribution in [0.2, 0.25) is 0 Å². The molecule has 9 heteroatoms. The number of rotatable bonds is 4. The van der Waals surface area contributed by atoms with Crippen molar-refractivity contribution in [2.45, 2.75) is 26.8 Å². The molecule has 0 bridgehead atoms. The maximum absolute atomic E-state index is 12.9. The molecule has 0 aliphatic rings. The monoisotopic (exact) mass is 394 g/mol. The Hall–Kier alpha value is -3.75. The second-order valence-corrected chi connectivity index (χ2v) is 6.73. The maximum atomic E-state index is 12.9. The summed E-state index contributed by atoms with van der Waals surface area (Å²) in [6, 6.07) is 6.53. The number of hydrogen-bond donors (Lipinski definition) is 0. The molecule has 0 N–H and O–H groups in total. The lowest BCUT2D eigenvalue weighted by molar-refractivity contribution is 0.369. The van der Waals surface area contributed by atoms with Gasteiger partial charge in [-0.1, -0.05) is 17.2 Å². The highest BCUT2D eigenvalue weighted by atomic mass is 16.5. The van der Waals surface area contributed by atoms with Crippen LogP contribution in [0.3, 0.4) is 0 Å². The van der Waals surface area contributed by atoms with Crippen molar-refractivity contribution in [3.63, 3.8) is 0 Å². The van der Waals surface area contributed by atoms with Gasteiger partial charge in [0.15, 0.2) is 11.3 Å². The number of benzene rings is 1. The molecule has 0 spiro atoms. The molecule has 0 aliphatic carbocycles. The lowest BCUT2D eigenvalue weighted by atomic mass is 10.1. The van der Waals surface area contributed by atoms with Crippen LogP contribution in [0.1, 0.15) is 30.0 Å². The number of pyridine rings is 1. The molecule has 0 amide bonds. The van der Waals surface area contributed by atoms with Crippen LogP contribution in [0.5, 0.6) is 5.75 Å². The minimum absolute atomic E-state index is 0.00472. The van der Waals surface area contributed by atoms with E-state index < -0.39 is 17.4 Å². The standard InChI is InChI=1S/C20H18N4O5/c1-10-7-11(2)9-13(8-10)18-23-22-17(29-18)12(3)24-19(25)15-16(28-20(24)26)14(27-4)5-6-21-15/h5-9,12H,1-4H3/t12-/m0/s1. The SMILES string of the molecule is COc1ccnc2c(=O)n([C@@H](C)c3nnc(-c4cc(C)cc(C)c4)o3)c(=O)oc12. The van der Waals surface area contributed by atoms with Crippen molar-refractivity contribution in [2.24, 2.45) is 0 Å². The Morgan fingerprint density at radius 2 is 1.79 bits per heavy atom.